The SMILES string of the molecule is O=C(NCC(Br)c1ccccc1)c1cc(F)cc(F)c1. The summed E-state index contributed by atoms with van der Waals surface area (Å²) >= 11 is 3.45. The van der Waals surface area contributed by atoms with Crippen LogP contribution in [-0.2, 0) is 0 Å². The smallest absolute Gasteiger partial charge is 0.251 e. The van der Waals surface area contributed by atoms with Crippen LogP contribution in [0.3, 0.4) is 0 Å². The molecule has 104 valence electrons. The summed E-state index contributed by atoms with van der Waals surface area (Å²) in [6.45, 7) is 0.320. The number of alkyl halides is 1. The lowest BCUT2D eigenvalue weighted by Crippen LogP contribution is -2.26. The summed E-state index contributed by atoms with van der Waals surface area (Å²) in [5.74, 6) is -2.05. The third-order valence-corrected chi connectivity index (χ3v) is 3.58. The van der Waals surface area contributed by atoms with Gasteiger partial charge in [0.2, 0.25) is 0 Å². The number of hydrogen-bond donors (Lipinski definition) is 1. The van der Waals surface area contributed by atoms with Gasteiger partial charge >= 0.3 is 0 Å². The summed E-state index contributed by atoms with van der Waals surface area (Å²) in [6.07, 6.45) is 0. The van der Waals surface area contributed by atoms with Gasteiger partial charge in [0.25, 0.3) is 5.91 Å². The molecule has 2 nitrogen and oxygen atoms in total. The van der Waals surface area contributed by atoms with E-state index in [1.165, 1.54) is 0 Å². The summed E-state index contributed by atoms with van der Waals surface area (Å²) in [4.78, 5) is 11.8. The molecular weight excluding hydrogens is 328 g/mol. The first-order chi connectivity index (χ1) is 9.56. The van der Waals surface area contributed by atoms with Crippen LogP contribution in [0, 0.1) is 11.6 Å². The van der Waals surface area contributed by atoms with Crippen LogP contribution in [0.5, 0.6) is 0 Å². The molecular formula is C15H12BrF2NO. The van der Waals surface area contributed by atoms with E-state index in [0.717, 1.165) is 23.8 Å². The number of carbonyl (C=O) groups excluding carboxylic acids is 1. The summed E-state index contributed by atoms with van der Waals surface area (Å²) in [6, 6.07) is 12.3. The standard InChI is InChI=1S/C15H12BrF2NO/c16-14(10-4-2-1-3-5-10)9-19-15(20)11-6-12(17)8-13(18)7-11/h1-8,14H,9H2,(H,19,20). The summed E-state index contributed by atoms with van der Waals surface area (Å²) in [5.41, 5.74) is 0.980. The van der Waals surface area contributed by atoms with Gasteiger partial charge in [-0.05, 0) is 17.7 Å². The molecule has 0 aliphatic heterocycles. The zero-order valence-electron chi connectivity index (χ0n) is 10.4. The maximum atomic E-state index is 13.0. The third-order valence-electron chi connectivity index (χ3n) is 2.73. The minimum Gasteiger partial charge on any atom is -0.351 e. The maximum absolute atomic E-state index is 13.0. The Labute approximate surface area is 123 Å². The highest BCUT2D eigenvalue weighted by Crippen LogP contribution is 2.21. The quantitative estimate of drug-likeness (QED) is 0.842. The van der Waals surface area contributed by atoms with Gasteiger partial charge in [0, 0.05) is 18.2 Å². The van der Waals surface area contributed by atoms with Gasteiger partial charge in [0.1, 0.15) is 11.6 Å². The van der Waals surface area contributed by atoms with E-state index in [-0.39, 0.29) is 10.4 Å². The van der Waals surface area contributed by atoms with Gasteiger partial charge in [-0.1, -0.05) is 46.3 Å². The van der Waals surface area contributed by atoms with Gasteiger partial charge in [-0.25, -0.2) is 8.78 Å². The van der Waals surface area contributed by atoms with E-state index in [0.29, 0.717) is 6.54 Å². The molecule has 1 unspecified atom stereocenters. The highest BCUT2D eigenvalue weighted by atomic mass is 79.9. The van der Waals surface area contributed by atoms with Crippen LogP contribution in [0.4, 0.5) is 8.78 Å². The summed E-state index contributed by atoms with van der Waals surface area (Å²) in [5, 5.41) is 2.63. The highest BCUT2D eigenvalue weighted by molar-refractivity contribution is 9.09. The van der Waals surface area contributed by atoms with Crippen LogP contribution in [0.1, 0.15) is 20.7 Å². The molecule has 0 aliphatic carbocycles. The maximum Gasteiger partial charge on any atom is 0.251 e. The molecule has 0 heterocycles. The van der Waals surface area contributed by atoms with Crippen molar-refractivity contribution < 1.29 is 13.6 Å². The molecule has 5 heteroatoms. The number of benzene rings is 2. The van der Waals surface area contributed by atoms with E-state index >= 15 is 0 Å². The minimum absolute atomic E-state index is 0.0322. The predicted molar refractivity (Wildman–Crippen MR) is 76.8 cm³/mol. The molecule has 1 amide bonds. The normalized spacial score (nSPS) is 11.9. The fraction of sp³-hybridized carbons (Fsp3) is 0.133. The first kappa shape index (κ1) is 14.7. The average molecular weight is 340 g/mol. The average Bonchev–Trinajstić information content (AvgIpc) is 2.44. The number of rotatable bonds is 4. The van der Waals surface area contributed by atoms with E-state index in [2.05, 4.69) is 21.2 Å². The second-order valence-corrected chi connectivity index (χ2v) is 5.35. The second-order valence-electron chi connectivity index (χ2n) is 4.25. The number of carbonyl (C=O) groups is 1. The number of hydrogen-bond acceptors (Lipinski definition) is 1. The lowest BCUT2D eigenvalue weighted by atomic mass is 10.1. The Bertz CT molecular complexity index is 584. The third kappa shape index (κ3) is 3.87. The molecule has 0 saturated heterocycles. The minimum atomic E-state index is -0.770. The van der Waals surface area contributed by atoms with Crippen LogP contribution < -0.4 is 5.32 Å². The number of amides is 1. The Morgan fingerprint density at radius 3 is 2.30 bits per heavy atom. The molecule has 0 saturated carbocycles. The fourth-order valence-corrected chi connectivity index (χ4v) is 2.22. The van der Waals surface area contributed by atoms with E-state index in [1.807, 2.05) is 30.3 Å². The lowest BCUT2D eigenvalue weighted by molar-refractivity contribution is 0.0953. The first-order valence-electron chi connectivity index (χ1n) is 5.99. The van der Waals surface area contributed by atoms with Gasteiger partial charge in [-0.3, -0.25) is 4.79 Å². The van der Waals surface area contributed by atoms with Crippen LogP contribution >= 0.6 is 15.9 Å². The monoisotopic (exact) mass is 339 g/mol. The van der Waals surface area contributed by atoms with Crippen molar-refractivity contribution in [3.63, 3.8) is 0 Å². The molecule has 0 aliphatic rings. The van der Waals surface area contributed by atoms with Crippen LogP contribution in [0.25, 0.3) is 0 Å². The number of nitrogens with one attached hydrogen (secondary N) is 1. The Morgan fingerprint density at radius 2 is 1.70 bits per heavy atom. The molecule has 2 aromatic carbocycles. The van der Waals surface area contributed by atoms with E-state index in [4.69, 9.17) is 0 Å². The Kier molecular flexibility index (Phi) is 4.84. The molecule has 0 spiro atoms. The van der Waals surface area contributed by atoms with Crippen molar-refractivity contribution in [1.29, 1.82) is 0 Å². The van der Waals surface area contributed by atoms with Crippen molar-refractivity contribution in [2.75, 3.05) is 6.54 Å². The largest absolute Gasteiger partial charge is 0.351 e. The van der Waals surface area contributed by atoms with Crippen molar-refractivity contribution in [2.45, 2.75) is 4.83 Å². The van der Waals surface area contributed by atoms with E-state index in [1.54, 1.807) is 0 Å². The van der Waals surface area contributed by atoms with Crippen molar-refractivity contribution in [2.24, 2.45) is 0 Å². The predicted octanol–water partition coefficient (Wildman–Crippen LogP) is 3.83. The van der Waals surface area contributed by atoms with Crippen molar-refractivity contribution >= 4 is 21.8 Å². The lowest BCUT2D eigenvalue weighted by Gasteiger charge is -2.11. The topological polar surface area (TPSA) is 29.1 Å². The molecule has 0 fully saturated rings. The summed E-state index contributed by atoms with van der Waals surface area (Å²) < 4.78 is 26.0. The van der Waals surface area contributed by atoms with Gasteiger partial charge in [0.05, 0.1) is 4.83 Å². The van der Waals surface area contributed by atoms with Crippen molar-refractivity contribution in [1.82, 2.24) is 5.32 Å². The Morgan fingerprint density at radius 1 is 1.10 bits per heavy atom. The van der Waals surface area contributed by atoms with Gasteiger partial charge in [0.15, 0.2) is 0 Å². The molecule has 1 atom stereocenters. The van der Waals surface area contributed by atoms with E-state index in [9.17, 15) is 13.6 Å². The molecule has 0 radical (unpaired) electrons. The molecule has 1 N–H and O–H groups in total. The molecule has 0 bridgehead atoms. The first-order valence-corrected chi connectivity index (χ1v) is 6.91. The Hall–Kier alpha value is -1.75. The van der Waals surface area contributed by atoms with Crippen LogP contribution in [0.15, 0.2) is 48.5 Å². The fourth-order valence-electron chi connectivity index (χ4n) is 1.75. The highest BCUT2D eigenvalue weighted by Gasteiger charge is 2.12. The molecule has 0 aromatic heterocycles. The van der Waals surface area contributed by atoms with E-state index < -0.39 is 17.5 Å². The van der Waals surface area contributed by atoms with Gasteiger partial charge in [-0.2, -0.15) is 0 Å². The van der Waals surface area contributed by atoms with Crippen LogP contribution in [0.2, 0.25) is 0 Å². The van der Waals surface area contributed by atoms with Gasteiger partial charge in [-0.15, -0.1) is 0 Å². The zero-order valence-corrected chi connectivity index (χ0v) is 12.0. The van der Waals surface area contributed by atoms with Crippen molar-refractivity contribution in [3.05, 3.63) is 71.3 Å². The van der Waals surface area contributed by atoms with Gasteiger partial charge < -0.3 is 5.32 Å². The molecule has 2 rings (SSSR count). The second kappa shape index (κ2) is 6.61. The zero-order chi connectivity index (χ0) is 14.5. The van der Waals surface area contributed by atoms with Crippen LogP contribution in [-0.4, -0.2) is 12.5 Å². The molecule has 2 aromatic rings. The molecule has 20 heavy (non-hydrogen) atoms. The summed E-state index contributed by atoms with van der Waals surface area (Å²) in [7, 11) is 0. The number of halogens is 3. The Balaban J connectivity index is 1.98. The van der Waals surface area contributed by atoms with Crippen molar-refractivity contribution in [3.8, 4) is 0 Å².